The number of nitrogens with zero attached hydrogens (tertiary/aromatic N) is 1. The Hall–Kier alpha value is -2.86. The van der Waals surface area contributed by atoms with Gasteiger partial charge in [-0.05, 0) is 43.2 Å². The number of amides is 1. The molecule has 33 heavy (non-hydrogen) atoms. The van der Waals surface area contributed by atoms with Gasteiger partial charge in [-0.25, -0.2) is 12.8 Å². The van der Waals surface area contributed by atoms with Crippen LogP contribution in [0.5, 0.6) is 11.5 Å². The Morgan fingerprint density at radius 1 is 1.12 bits per heavy atom. The zero-order valence-corrected chi connectivity index (χ0v) is 18.6. The van der Waals surface area contributed by atoms with E-state index in [1.54, 1.807) is 6.07 Å². The fourth-order valence-electron chi connectivity index (χ4n) is 3.56. The van der Waals surface area contributed by atoms with E-state index in [2.05, 4.69) is 5.32 Å². The highest BCUT2D eigenvalue weighted by Gasteiger charge is 2.36. The maximum absolute atomic E-state index is 13.5. The average molecular weight is 490 g/mol. The van der Waals surface area contributed by atoms with Crippen LogP contribution in [0.4, 0.5) is 23.2 Å². The predicted molar refractivity (Wildman–Crippen MR) is 111 cm³/mol. The SMILES string of the molecule is COc1ccc(OC)c(S(=O)(=O)N2CCC[C@@H](C(=O)Nc3ccc(F)c(C(F)(F)F)c3)C2)c1. The van der Waals surface area contributed by atoms with Gasteiger partial charge in [0.25, 0.3) is 0 Å². The van der Waals surface area contributed by atoms with Crippen LogP contribution in [0.1, 0.15) is 18.4 Å². The summed E-state index contributed by atoms with van der Waals surface area (Å²) in [6, 6.07) is 6.45. The van der Waals surface area contributed by atoms with Gasteiger partial charge in [-0.2, -0.15) is 17.5 Å². The van der Waals surface area contributed by atoms with Gasteiger partial charge in [0.05, 0.1) is 25.7 Å². The third-order valence-corrected chi connectivity index (χ3v) is 7.17. The number of carbonyl (C=O) groups is 1. The number of methoxy groups -OCH3 is 2. The first-order chi connectivity index (χ1) is 15.5. The Balaban J connectivity index is 1.80. The summed E-state index contributed by atoms with van der Waals surface area (Å²) in [7, 11) is -1.35. The van der Waals surface area contributed by atoms with Crippen LogP contribution in [-0.4, -0.2) is 45.9 Å². The molecule has 1 aliphatic heterocycles. The van der Waals surface area contributed by atoms with Crippen molar-refractivity contribution in [2.24, 2.45) is 5.92 Å². The molecule has 0 unspecified atom stereocenters. The van der Waals surface area contributed by atoms with E-state index in [0.717, 1.165) is 10.4 Å². The molecule has 3 rings (SSSR count). The molecule has 1 amide bonds. The fraction of sp³-hybridized carbons (Fsp3) is 0.381. The molecule has 1 fully saturated rings. The highest BCUT2D eigenvalue weighted by molar-refractivity contribution is 7.89. The van der Waals surface area contributed by atoms with Crippen molar-refractivity contribution in [2.45, 2.75) is 23.9 Å². The summed E-state index contributed by atoms with van der Waals surface area (Å²) in [5.74, 6) is -2.52. The minimum absolute atomic E-state index is 0.105. The number of hydrogen-bond donors (Lipinski definition) is 1. The van der Waals surface area contributed by atoms with E-state index in [0.29, 0.717) is 30.7 Å². The van der Waals surface area contributed by atoms with Crippen LogP contribution < -0.4 is 14.8 Å². The first-order valence-corrected chi connectivity index (χ1v) is 11.3. The number of hydrogen-bond acceptors (Lipinski definition) is 5. The Labute approximate surface area is 188 Å². The molecule has 2 aromatic rings. The van der Waals surface area contributed by atoms with Crippen molar-refractivity contribution in [3.63, 3.8) is 0 Å². The third kappa shape index (κ3) is 5.38. The van der Waals surface area contributed by atoms with E-state index < -0.39 is 39.4 Å². The maximum Gasteiger partial charge on any atom is 0.419 e. The van der Waals surface area contributed by atoms with Crippen LogP contribution in [0.3, 0.4) is 0 Å². The topological polar surface area (TPSA) is 84.9 Å². The van der Waals surface area contributed by atoms with Gasteiger partial charge in [0, 0.05) is 24.8 Å². The van der Waals surface area contributed by atoms with E-state index in [-0.39, 0.29) is 29.4 Å². The molecule has 1 heterocycles. The van der Waals surface area contributed by atoms with Crippen LogP contribution in [0.2, 0.25) is 0 Å². The Kier molecular flexibility index (Phi) is 7.17. The van der Waals surface area contributed by atoms with Crippen LogP contribution in [0, 0.1) is 11.7 Å². The Bertz CT molecular complexity index is 1140. The highest BCUT2D eigenvalue weighted by Crippen LogP contribution is 2.34. The molecular weight excluding hydrogens is 468 g/mol. The molecule has 180 valence electrons. The molecule has 12 heteroatoms. The van der Waals surface area contributed by atoms with Gasteiger partial charge >= 0.3 is 6.18 Å². The third-order valence-electron chi connectivity index (χ3n) is 5.28. The fourth-order valence-corrected chi connectivity index (χ4v) is 5.26. The van der Waals surface area contributed by atoms with Crippen molar-refractivity contribution < 1.29 is 40.2 Å². The average Bonchev–Trinajstić information content (AvgIpc) is 2.79. The van der Waals surface area contributed by atoms with Crippen molar-refractivity contribution in [3.8, 4) is 11.5 Å². The quantitative estimate of drug-likeness (QED) is 0.621. The second-order valence-electron chi connectivity index (χ2n) is 7.40. The Morgan fingerprint density at radius 2 is 1.85 bits per heavy atom. The largest absolute Gasteiger partial charge is 0.497 e. The van der Waals surface area contributed by atoms with E-state index >= 15 is 0 Å². The van der Waals surface area contributed by atoms with Crippen molar-refractivity contribution in [1.82, 2.24) is 4.31 Å². The summed E-state index contributed by atoms with van der Waals surface area (Å²) < 4.78 is 90.2. The highest BCUT2D eigenvalue weighted by atomic mass is 32.2. The summed E-state index contributed by atoms with van der Waals surface area (Å²) in [5.41, 5.74) is -1.73. The molecule has 0 saturated carbocycles. The number of alkyl halides is 3. The minimum atomic E-state index is -4.92. The smallest absolute Gasteiger partial charge is 0.419 e. The number of piperidine rings is 1. The molecule has 0 spiro atoms. The molecule has 1 aliphatic rings. The molecule has 2 aromatic carbocycles. The summed E-state index contributed by atoms with van der Waals surface area (Å²) in [4.78, 5) is 12.6. The zero-order chi connectivity index (χ0) is 24.4. The Morgan fingerprint density at radius 3 is 2.48 bits per heavy atom. The van der Waals surface area contributed by atoms with Crippen molar-refractivity contribution in [2.75, 3.05) is 32.6 Å². The summed E-state index contributed by atoms with van der Waals surface area (Å²) in [6.07, 6.45) is -4.22. The standard InChI is InChI=1S/C21H22F4N2O5S/c1-31-15-6-8-18(32-2)19(11-15)33(29,30)27-9-3-4-13(12-27)20(28)26-14-5-7-17(22)16(10-14)21(23,24)25/h5-8,10-11,13H,3-4,9,12H2,1-2H3,(H,26,28)/t13-/m1/s1. The first-order valence-electron chi connectivity index (χ1n) is 9.87. The second kappa shape index (κ2) is 9.56. The number of anilines is 1. The molecule has 7 nitrogen and oxygen atoms in total. The summed E-state index contributed by atoms with van der Waals surface area (Å²) in [5, 5.41) is 2.33. The molecule has 1 N–H and O–H groups in total. The van der Waals surface area contributed by atoms with Crippen molar-refractivity contribution in [1.29, 1.82) is 0 Å². The van der Waals surface area contributed by atoms with E-state index in [1.165, 1.54) is 26.4 Å². The van der Waals surface area contributed by atoms with Gasteiger partial charge in [-0.15, -0.1) is 0 Å². The molecule has 0 bridgehead atoms. The van der Waals surface area contributed by atoms with E-state index in [4.69, 9.17) is 9.47 Å². The van der Waals surface area contributed by atoms with Gasteiger partial charge in [-0.1, -0.05) is 0 Å². The van der Waals surface area contributed by atoms with Gasteiger partial charge in [-0.3, -0.25) is 4.79 Å². The zero-order valence-electron chi connectivity index (χ0n) is 17.8. The molecule has 1 saturated heterocycles. The van der Waals surface area contributed by atoms with Crippen molar-refractivity contribution in [3.05, 3.63) is 47.8 Å². The number of ether oxygens (including phenoxy) is 2. The van der Waals surface area contributed by atoms with Crippen LogP contribution >= 0.6 is 0 Å². The normalized spacial score (nSPS) is 17.5. The summed E-state index contributed by atoms with van der Waals surface area (Å²) >= 11 is 0. The van der Waals surface area contributed by atoms with Crippen LogP contribution in [0.15, 0.2) is 41.3 Å². The monoisotopic (exact) mass is 490 g/mol. The number of benzene rings is 2. The van der Waals surface area contributed by atoms with Crippen LogP contribution in [0.25, 0.3) is 0 Å². The second-order valence-corrected chi connectivity index (χ2v) is 9.31. The number of sulfonamides is 1. The summed E-state index contributed by atoms with van der Waals surface area (Å²) in [6.45, 7) is -0.0247. The first kappa shape index (κ1) is 24.8. The minimum Gasteiger partial charge on any atom is -0.497 e. The molecule has 0 aliphatic carbocycles. The number of rotatable bonds is 6. The maximum atomic E-state index is 13.5. The number of nitrogens with one attached hydrogen (secondary N) is 1. The molecule has 0 aromatic heterocycles. The van der Waals surface area contributed by atoms with Crippen LogP contribution in [-0.2, 0) is 21.0 Å². The molecule has 1 atom stereocenters. The number of carbonyl (C=O) groups excluding carboxylic acids is 1. The van der Waals surface area contributed by atoms with Gasteiger partial charge in [0.15, 0.2) is 0 Å². The van der Waals surface area contributed by atoms with E-state index in [9.17, 15) is 30.8 Å². The molecule has 0 radical (unpaired) electrons. The predicted octanol–water partition coefficient (Wildman–Crippen LogP) is 3.90. The van der Waals surface area contributed by atoms with Gasteiger partial charge in [0.2, 0.25) is 15.9 Å². The van der Waals surface area contributed by atoms with E-state index in [1.807, 2.05) is 0 Å². The molecular formula is C21H22F4N2O5S. The lowest BCUT2D eigenvalue weighted by atomic mass is 9.98. The lowest BCUT2D eigenvalue weighted by Gasteiger charge is -2.31. The van der Waals surface area contributed by atoms with Crippen molar-refractivity contribution >= 4 is 21.6 Å². The van der Waals surface area contributed by atoms with Gasteiger partial charge in [0.1, 0.15) is 22.2 Å². The van der Waals surface area contributed by atoms with Gasteiger partial charge < -0.3 is 14.8 Å². The lowest BCUT2D eigenvalue weighted by Crippen LogP contribution is -2.43. The number of halogens is 4. The lowest BCUT2D eigenvalue weighted by molar-refractivity contribution is -0.140.